The lowest BCUT2D eigenvalue weighted by Crippen LogP contribution is -2.43. The van der Waals surface area contributed by atoms with Gasteiger partial charge in [0.25, 0.3) is 0 Å². The fourth-order valence-electron chi connectivity index (χ4n) is 1.81. The number of carbonyl (C=O) groups excluding carboxylic acids is 2. The van der Waals surface area contributed by atoms with E-state index < -0.39 is 11.9 Å². The van der Waals surface area contributed by atoms with E-state index in [1.54, 1.807) is 17.0 Å². The van der Waals surface area contributed by atoms with Crippen molar-refractivity contribution in [2.75, 3.05) is 13.1 Å². The zero-order chi connectivity index (χ0) is 12.4. The highest BCUT2D eigenvalue weighted by Gasteiger charge is 2.28. The van der Waals surface area contributed by atoms with E-state index in [-0.39, 0.29) is 19.1 Å². The molecule has 0 N–H and O–H groups in total. The number of nitrogens with zero attached hydrogens (tertiary/aromatic N) is 1. The molecule has 0 saturated carbocycles. The molecule has 1 aromatic rings. The van der Waals surface area contributed by atoms with Crippen molar-refractivity contribution in [3.63, 3.8) is 0 Å². The van der Waals surface area contributed by atoms with Crippen molar-refractivity contribution < 1.29 is 14.3 Å². The second kappa shape index (κ2) is 4.85. The van der Waals surface area contributed by atoms with Crippen LogP contribution in [0.25, 0.3) is 0 Å². The van der Waals surface area contributed by atoms with Crippen LogP contribution in [0.4, 0.5) is 0 Å². The van der Waals surface area contributed by atoms with Gasteiger partial charge in [0.2, 0.25) is 0 Å². The van der Waals surface area contributed by atoms with Gasteiger partial charge in [0.05, 0.1) is 13.1 Å². The molecule has 1 heterocycles. The number of halogens is 1. The maximum Gasteiger partial charge on any atom is 0.327 e. The largest absolute Gasteiger partial charge is 0.391 e. The van der Waals surface area contributed by atoms with Gasteiger partial charge >= 0.3 is 11.9 Å². The average Bonchev–Trinajstić information content (AvgIpc) is 2.28. The van der Waals surface area contributed by atoms with Gasteiger partial charge in [-0.25, -0.2) is 0 Å². The lowest BCUT2D eigenvalue weighted by molar-refractivity contribution is -0.167. The monoisotopic (exact) mass is 253 g/mol. The smallest absolute Gasteiger partial charge is 0.327 e. The van der Waals surface area contributed by atoms with E-state index in [1.807, 2.05) is 19.1 Å². The van der Waals surface area contributed by atoms with Crippen molar-refractivity contribution in [2.24, 2.45) is 0 Å². The highest BCUT2D eigenvalue weighted by Crippen LogP contribution is 2.23. The molecule has 1 atom stereocenters. The zero-order valence-electron chi connectivity index (χ0n) is 9.35. The molecule has 1 aromatic carbocycles. The Labute approximate surface area is 104 Å². The number of benzene rings is 1. The third kappa shape index (κ3) is 2.84. The van der Waals surface area contributed by atoms with Gasteiger partial charge < -0.3 is 4.74 Å². The summed E-state index contributed by atoms with van der Waals surface area (Å²) in [5, 5.41) is 0.662. The van der Waals surface area contributed by atoms with Gasteiger partial charge in [-0.3, -0.25) is 14.5 Å². The quantitative estimate of drug-likeness (QED) is 0.596. The highest BCUT2D eigenvalue weighted by molar-refractivity contribution is 6.30. The molecular weight excluding hydrogens is 242 g/mol. The van der Waals surface area contributed by atoms with E-state index in [1.165, 1.54) is 0 Å². The summed E-state index contributed by atoms with van der Waals surface area (Å²) < 4.78 is 4.48. The summed E-state index contributed by atoms with van der Waals surface area (Å²) in [4.78, 5) is 24.1. The van der Waals surface area contributed by atoms with Gasteiger partial charge in [-0.2, -0.15) is 0 Å². The summed E-state index contributed by atoms with van der Waals surface area (Å²) in [7, 11) is 0. The molecule has 17 heavy (non-hydrogen) atoms. The van der Waals surface area contributed by atoms with Crippen LogP contribution in [0.1, 0.15) is 18.5 Å². The third-order valence-electron chi connectivity index (χ3n) is 2.79. The summed E-state index contributed by atoms with van der Waals surface area (Å²) in [5.41, 5.74) is 1.01. The molecular formula is C12H12ClNO3. The Balaban J connectivity index is 2.13. The molecule has 1 fully saturated rings. The molecule has 4 nitrogen and oxygen atoms in total. The van der Waals surface area contributed by atoms with E-state index >= 15 is 0 Å². The van der Waals surface area contributed by atoms with Crippen LogP contribution in [-0.4, -0.2) is 29.9 Å². The normalized spacial score (nSPS) is 18.9. The van der Waals surface area contributed by atoms with Crippen LogP contribution in [0, 0.1) is 0 Å². The molecule has 0 amide bonds. The lowest BCUT2D eigenvalue weighted by atomic mass is 10.1. The third-order valence-corrected chi connectivity index (χ3v) is 3.04. The number of hydrogen-bond donors (Lipinski definition) is 0. The average molecular weight is 254 g/mol. The SMILES string of the molecule is CC(c1ccc(Cl)cc1)N1CC(=O)OC(=O)C1. The first kappa shape index (κ1) is 12.1. The topological polar surface area (TPSA) is 46.6 Å². The Morgan fingerprint density at radius 2 is 1.71 bits per heavy atom. The van der Waals surface area contributed by atoms with Gasteiger partial charge in [0.1, 0.15) is 0 Å². The second-order valence-electron chi connectivity index (χ2n) is 3.98. The van der Waals surface area contributed by atoms with Gasteiger partial charge in [-0.15, -0.1) is 0 Å². The summed E-state index contributed by atoms with van der Waals surface area (Å²) >= 11 is 5.81. The molecule has 90 valence electrons. The summed E-state index contributed by atoms with van der Waals surface area (Å²) in [6, 6.07) is 7.33. The molecule has 1 saturated heterocycles. The number of esters is 2. The van der Waals surface area contributed by atoms with E-state index in [9.17, 15) is 9.59 Å². The molecule has 5 heteroatoms. The maximum atomic E-state index is 11.2. The van der Waals surface area contributed by atoms with Gasteiger partial charge in [-0.1, -0.05) is 23.7 Å². The van der Waals surface area contributed by atoms with Crippen molar-refractivity contribution in [1.82, 2.24) is 4.90 Å². The Kier molecular flexibility index (Phi) is 3.45. The number of hydrogen-bond acceptors (Lipinski definition) is 4. The van der Waals surface area contributed by atoms with Crippen LogP contribution in [0.15, 0.2) is 24.3 Å². The van der Waals surface area contributed by atoms with Crippen molar-refractivity contribution >= 4 is 23.5 Å². The Hall–Kier alpha value is -1.39. The van der Waals surface area contributed by atoms with Gasteiger partial charge in [-0.05, 0) is 24.6 Å². The van der Waals surface area contributed by atoms with Crippen LogP contribution in [-0.2, 0) is 14.3 Å². The zero-order valence-corrected chi connectivity index (χ0v) is 10.1. The summed E-state index contributed by atoms with van der Waals surface area (Å²) in [5.74, 6) is -0.996. The molecule has 0 spiro atoms. The van der Waals surface area contributed by atoms with Crippen molar-refractivity contribution in [1.29, 1.82) is 0 Å². The van der Waals surface area contributed by atoms with Crippen molar-refractivity contribution in [2.45, 2.75) is 13.0 Å². The number of cyclic esters (lactones) is 2. The molecule has 0 bridgehead atoms. The fourth-order valence-corrected chi connectivity index (χ4v) is 1.93. The van der Waals surface area contributed by atoms with Gasteiger partial charge in [0.15, 0.2) is 0 Å². The van der Waals surface area contributed by atoms with Crippen LogP contribution in [0.2, 0.25) is 5.02 Å². The second-order valence-corrected chi connectivity index (χ2v) is 4.42. The van der Waals surface area contributed by atoms with Crippen LogP contribution in [0.3, 0.4) is 0 Å². The Morgan fingerprint density at radius 1 is 1.18 bits per heavy atom. The van der Waals surface area contributed by atoms with E-state index in [0.717, 1.165) is 5.56 Å². The molecule has 0 aliphatic carbocycles. The first-order chi connectivity index (χ1) is 8.06. The number of carbonyl (C=O) groups is 2. The predicted molar refractivity (Wildman–Crippen MR) is 62.5 cm³/mol. The minimum absolute atomic E-state index is 0.0240. The summed E-state index contributed by atoms with van der Waals surface area (Å²) in [6.07, 6.45) is 0. The first-order valence-corrected chi connectivity index (χ1v) is 5.67. The van der Waals surface area contributed by atoms with Crippen LogP contribution < -0.4 is 0 Å². The molecule has 2 rings (SSSR count). The minimum Gasteiger partial charge on any atom is -0.391 e. The lowest BCUT2D eigenvalue weighted by Gasteiger charge is -2.30. The Bertz CT molecular complexity index is 428. The molecule has 1 unspecified atom stereocenters. The maximum absolute atomic E-state index is 11.2. The highest BCUT2D eigenvalue weighted by atomic mass is 35.5. The number of morpholine rings is 1. The standard InChI is InChI=1S/C12H12ClNO3/c1-8(9-2-4-10(13)5-3-9)14-6-11(15)17-12(16)7-14/h2-5,8H,6-7H2,1H3. The van der Waals surface area contributed by atoms with Crippen LogP contribution >= 0.6 is 11.6 Å². The predicted octanol–water partition coefficient (Wildman–Crippen LogP) is 1.79. The van der Waals surface area contributed by atoms with E-state index in [4.69, 9.17) is 11.6 Å². The minimum atomic E-state index is -0.498. The molecule has 0 radical (unpaired) electrons. The molecule has 0 aromatic heterocycles. The Morgan fingerprint density at radius 3 is 2.24 bits per heavy atom. The number of rotatable bonds is 2. The van der Waals surface area contributed by atoms with Crippen molar-refractivity contribution in [3.05, 3.63) is 34.9 Å². The molecule has 1 aliphatic rings. The van der Waals surface area contributed by atoms with Crippen LogP contribution in [0.5, 0.6) is 0 Å². The molecule has 1 aliphatic heterocycles. The number of ether oxygens (including phenoxy) is 1. The van der Waals surface area contributed by atoms with E-state index in [0.29, 0.717) is 5.02 Å². The fraction of sp³-hybridized carbons (Fsp3) is 0.333. The van der Waals surface area contributed by atoms with E-state index in [2.05, 4.69) is 4.74 Å². The summed E-state index contributed by atoms with van der Waals surface area (Å²) in [6.45, 7) is 2.21. The van der Waals surface area contributed by atoms with Gasteiger partial charge in [0, 0.05) is 11.1 Å². The van der Waals surface area contributed by atoms with Crippen molar-refractivity contribution in [3.8, 4) is 0 Å². The first-order valence-electron chi connectivity index (χ1n) is 5.29.